The summed E-state index contributed by atoms with van der Waals surface area (Å²) < 4.78 is 17.0. The zero-order valence-electron chi connectivity index (χ0n) is 18.8. The van der Waals surface area contributed by atoms with Gasteiger partial charge in [0.2, 0.25) is 12.5 Å². The maximum atomic E-state index is 13.4. The Balaban J connectivity index is 1.41. The van der Waals surface area contributed by atoms with E-state index in [4.69, 9.17) is 14.2 Å². The molecule has 0 radical (unpaired) electrons. The largest absolute Gasteiger partial charge is 0.492 e. The number of ether oxygens (including phenoxy) is 3. The summed E-state index contributed by atoms with van der Waals surface area (Å²) in [4.78, 5) is 19.9. The van der Waals surface area contributed by atoms with Crippen molar-refractivity contribution in [1.29, 1.82) is 0 Å². The highest BCUT2D eigenvalue weighted by Crippen LogP contribution is 2.50. The van der Waals surface area contributed by atoms with Gasteiger partial charge in [0.25, 0.3) is 0 Å². The Morgan fingerprint density at radius 2 is 2.09 bits per heavy atom. The number of Topliss-reactive ketones (excluding diaryl/α,β-unsaturated/α-hetero) is 1. The van der Waals surface area contributed by atoms with Crippen LogP contribution in [0.2, 0.25) is 0 Å². The molecular weight excluding hydrogens is 416 g/mol. The lowest BCUT2D eigenvalue weighted by atomic mass is 9.87. The predicted octanol–water partition coefficient (Wildman–Crippen LogP) is 4.79. The summed E-state index contributed by atoms with van der Waals surface area (Å²) in [6.45, 7) is 1.05. The van der Waals surface area contributed by atoms with Crippen molar-refractivity contribution in [3.05, 3.63) is 82.7 Å². The van der Waals surface area contributed by atoms with Crippen LogP contribution in [0.1, 0.15) is 45.2 Å². The number of hydrogen-bond donors (Lipinski definition) is 0. The molecule has 0 amide bonds. The molecule has 1 unspecified atom stereocenters. The first-order chi connectivity index (χ1) is 16.1. The van der Waals surface area contributed by atoms with Crippen LogP contribution in [0, 0.1) is 0 Å². The van der Waals surface area contributed by atoms with Gasteiger partial charge >= 0.3 is 0 Å². The molecular formula is C27H26N2O4. The lowest BCUT2D eigenvalue weighted by molar-refractivity contribution is 0.0925. The van der Waals surface area contributed by atoms with Gasteiger partial charge in [-0.15, -0.1) is 0 Å². The molecule has 0 N–H and O–H groups in total. The lowest BCUT2D eigenvalue weighted by Crippen LogP contribution is -2.34. The van der Waals surface area contributed by atoms with Crippen LogP contribution in [0.15, 0.2) is 54.7 Å². The van der Waals surface area contributed by atoms with E-state index < -0.39 is 0 Å². The monoisotopic (exact) mass is 442 g/mol. The lowest BCUT2D eigenvalue weighted by Gasteiger charge is -2.35. The summed E-state index contributed by atoms with van der Waals surface area (Å²) in [5, 5.41) is 0. The second-order valence-electron chi connectivity index (χ2n) is 8.30. The van der Waals surface area contributed by atoms with Gasteiger partial charge in [0.15, 0.2) is 17.3 Å². The zero-order valence-corrected chi connectivity index (χ0v) is 18.8. The summed E-state index contributed by atoms with van der Waals surface area (Å²) in [7, 11) is 3.69. The maximum Gasteiger partial charge on any atom is 0.231 e. The highest BCUT2D eigenvalue weighted by atomic mass is 16.7. The molecule has 0 spiro atoms. The number of rotatable bonds is 6. The average Bonchev–Trinajstić information content (AvgIpc) is 3.32. The van der Waals surface area contributed by atoms with Crippen molar-refractivity contribution < 1.29 is 19.0 Å². The Morgan fingerprint density at radius 3 is 2.91 bits per heavy atom. The van der Waals surface area contributed by atoms with Crippen molar-refractivity contribution in [1.82, 2.24) is 9.88 Å². The highest BCUT2D eigenvalue weighted by Gasteiger charge is 2.35. The Bertz CT molecular complexity index is 1210. The molecule has 0 saturated carbocycles. The van der Waals surface area contributed by atoms with E-state index in [9.17, 15) is 4.79 Å². The first-order valence-electron chi connectivity index (χ1n) is 11.1. The fraction of sp³-hybridized carbons (Fsp3) is 0.259. The normalized spacial score (nSPS) is 17.2. The number of benzene rings is 2. The summed E-state index contributed by atoms with van der Waals surface area (Å²) in [5.41, 5.74) is 4.71. The number of hydrogen-bond acceptors (Lipinski definition) is 6. The first kappa shape index (κ1) is 21.2. The van der Waals surface area contributed by atoms with Crippen LogP contribution in [0.25, 0.3) is 12.2 Å². The number of methoxy groups -OCH3 is 1. The van der Waals surface area contributed by atoms with E-state index in [1.54, 1.807) is 13.3 Å². The summed E-state index contributed by atoms with van der Waals surface area (Å²) in [6.07, 6.45) is 6.91. The van der Waals surface area contributed by atoms with E-state index in [0.717, 1.165) is 35.3 Å². The fourth-order valence-corrected chi connectivity index (χ4v) is 4.55. The Hall–Kier alpha value is -3.64. The van der Waals surface area contributed by atoms with Gasteiger partial charge in [0, 0.05) is 36.3 Å². The van der Waals surface area contributed by atoms with E-state index in [-0.39, 0.29) is 18.6 Å². The zero-order chi connectivity index (χ0) is 22.8. The molecule has 0 saturated heterocycles. The van der Waals surface area contributed by atoms with Gasteiger partial charge in [0.1, 0.15) is 0 Å². The standard InChI is InChI=1S/C27H26N2O4/c1-29-13-11-20-15-24-26(33-17-32-24)27(31-2)25(20)22(29)16-23(30)19-7-5-6-18(14-19)9-10-21-8-3-4-12-28-21/h3-10,12,14-15,22H,11,13,16-17H2,1-2H3. The van der Waals surface area contributed by atoms with Crippen LogP contribution >= 0.6 is 0 Å². The van der Waals surface area contributed by atoms with Crippen molar-refractivity contribution in [2.75, 3.05) is 27.5 Å². The van der Waals surface area contributed by atoms with Gasteiger partial charge in [-0.2, -0.15) is 0 Å². The topological polar surface area (TPSA) is 60.9 Å². The van der Waals surface area contributed by atoms with Crippen LogP contribution in [0.4, 0.5) is 0 Å². The maximum absolute atomic E-state index is 13.4. The van der Waals surface area contributed by atoms with Crippen molar-refractivity contribution in [2.45, 2.75) is 18.9 Å². The van der Waals surface area contributed by atoms with Crippen LogP contribution in [-0.4, -0.2) is 43.2 Å². The minimum atomic E-state index is -0.0987. The van der Waals surface area contributed by atoms with Gasteiger partial charge < -0.3 is 14.2 Å². The van der Waals surface area contributed by atoms with E-state index in [0.29, 0.717) is 29.2 Å². The Kier molecular flexibility index (Phi) is 5.84. The number of aromatic nitrogens is 1. The average molecular weight is 443 g/mol. The number of ketones is 1. The molecule has 1 aromatic heterocycles. The molecule has 2 aromatic carbocycles. The molecule has 6 nitrogen and oxygen atoms in total. The van der Waals surface area contributed by atoms with Crippen molar-refractivity contribution >= 4 is 17.9 Å². The number of fused-ring (bicyclic) bond motifs is 2. The van der Waals surface area contributed by atoms with Gasteiger partial charge in [0.05, 0.1) is 12.8 Å². The van der Waals surface area contributed by atoms with E-state index in [2.05, 4.69) is 16.9 Å². The molecule has 3 heterocycles. The minimum absolute atomic E-state index is 0.0903. The third kappa shape index (κ3) is 4.22. The Morgan fingerprint density at radius 1 is 1.18 bits per heavy atom. The number of carbonyl (C=O) groups excluding carboxylic acids is 1. The number of likely N-dealkylation sites (N-methyl/N-ethyl adjacent to an activating group) is 1. The molecule has 168 valence electrons. The molecule has 33 heavy (non-hydrogen) atoms. The molecule has 0 bridgehead atoms. The fourth-order valence-electron chi connectivity index (χ4n) is 4.55. The SMILES string of the molecule is COc1c2c(cc3c1C(CC(=O)c1cccc(C=Cc4ccccn4)c1)N(C)CC3)OCO2. The summed E-state index contributed by atoms with van der Waals surface area (Å²) in [5.74, 6) is 2.11. The predicted molar refractivity (Wildman–Crippen MR) is 127 cm³/mol. The Labute approximate surface area is 193 Å². The molecule has 2 aliphatic heterocycles. The third-order valence-corrected chi connectivity index (χ3v) is 6.27. The number of pyridine rings is 1. The second-order valence-corrected chi connectivity index (χ2v) is 8.30. The van der Waals surface area contributed by atoms with Gasteiger partial charge in [-0.25, -0.2) is 0 Å². The molecule has 0 fully saturated rings. The first-order valence-corrected chi connectivity index (χ1v) is 11.1. The van der Waals surface area contributed by atoms with Crippen LogP contribution in [-0.2, 0) is 6.42 Å². The van der Waals surface area contributed by atoms with Crippen molar-refractivity contribution in [2.24, 2.45) is 0 Å². The molecule has 5 rings (SSSR count). The molecule has 0 aliphatic carbocycles. The van der Waals surface area contributed by atoms with E-state index >= 15 is 0 Å². The van der Waals surface area contributed by atoms with Gasteiger partial charge in [-0.1, -0.05) is 30.3 Å². The second kappa shape index (κ2) is 9.08. The smallest absolute Gasteiger partial charge is 0.231 e. The van der Waals surface area contributed by atoms with Crippen molar-refractivity contribution in [3.8, 4) is 17.2 Å². The van der Waals surface area contributed by atoms with Crippen molar-refractivity contribution in [3.63, 3.8) is 0 Å². The summed E-state index contributed by atoms with van der Waals surface area (Å²) in [6, 6.07) is 15.4. The third-order valence-electron chi connectivity index (χ3n) is 6.27. The van der Waals surface area contributed by atoms with Crippen LogP contribution in [0.5, 0.6) is 17.2 Å². The number of carbonyl (C=O) groups is 1. The molecule has 2 aliphatic rings. The molecule has 6 heteroatoms. The van der Waals surface area contributed by atoms with Crippen LogP contribution < -0.4 is 14.2 Å². The highest BCUT2D eigenvalue weighted by molar-refractivity contribution is 5.97. The van der Waals surface area contributed by atoms with E-state index in [1.165, 1.54) is 0 Å². The van der Waals surface area contributed by atoms with Crippen LogP contribution in [0.3, 0.4) is 0 Å². The number of nitrogens with zero attached hydrogens (tertiary/aromatic N) is 2. The molecule has 1 atom stereocenters. The van der Waals surface area contributed by atoms with E-state index in [1.807, 2.05) is 60.7 Å². The minimum Gasteiger partial charge on any atom is -0.492 e. The van der Waals surface area contributed by atoms with Gasteiger partial charge in [-0.05, 0) is 54.9 Å². The summed E-state index contributed by atoms with van der Waals surface area (Å²) >= 11 is 0. The van der Waals surface area contributed by atoms with Gasteiger partial charge in [-0.3, -0.25) is 14.7 Å². The quantitative estimate of drug-likeness (QED) is 0.512. The molecule has 3 aromatic rings.